The van der Waals surface area contributed by atoms with Crippen molar-refractivity contribution in [2.24, 2.45) is 0 Å². The highest BCUT2D eigenvalue weighted by molar-refractivity contribution is 9.10. The van der Waals surface area contributed by atoms with Crippen molar-refractivity contribution >= 4 is 21.6 Å². The minimum atomic E-state index is -4.36. The first kappa shape index (κ1) is 12.0. The number of nitrogens with two attached hydrogens (primary N) is 1. The molecule has 3 nitrogen and oxygen atoms in total. The normalized spacial score (nSPS) is 11.8. The van der Waals surface area contributed by atoms with E-state index in [2.05, 4.69) is 21.0 Å². The number of rotatable bonds is 1. The molecule has 17 heavy (non-hydrogen) atoms. The number of alkyl halides is 3. The van der Waals surface area contributed by atoms with Gasteiger partial charge in [0.05, 0.1) is 29.3 Å². The summed E-state index contributed by atoms with van der Waals surface area (Å²) in [6, 6.07) is 3.34. The highest BCUT2D eigenvalue weighted by atomic mass is 79.9. The number of nitrogens with zero attached hydrogens (tertiary/aromatic N) is 2. The van der Waals surface area contributed by atoms with E-state index in [0.29, 0.717) is 15.8 Å². The summed E-state index contributed by atoms with van der Waals surface area (Å²) in [5, 5.41) is 3.92. The Kier molecular flexibility index (Phi) is 2.86. The molecule has 2 aromatic rings. The van der Waals surface area contributed by atoms with Gasteiger partial charge >= 0.3 is 6.18 Å². The van der Waals surface area contributed by atoms with Crippen LogP contribution in [0.15, 0.2) is 35.1 Å². The van der Waals surface area contributed by atoms with Gasteiger partial charge in [0.1, 0.15) is 0 Å². The van der Waals surface area contributed by atoms with Gasteiger partial charge in [-0.05, 0) is 34.1 Å². The van der Waals surface area contributed by atoms with Gasteiger partial charge < -0.3 is 5.73 Å². The summed E-state index contributed by atoms with van der Waals surface area (Å²) in [6.45, 7) is 0. The Hall–Kier alpha value is -1.50. The minimum absolute atomic E-state index is 0.301. The zero-order valence-electron chi connectivity index (χ0n) is 8.37. The molecule has 2 rings (SSSR count). The van der Waals surface area contributed by atoms with E-state index in [9.17, 15) is 13.2 Å². The topological polar surface area (TPSA) is 43.8 Å². The van der Waals surface area contributed by atoms with Gasteiger partial charge in [0.15, 0.2) is 0 Å². The van der Waals surface area contributed by atoms with Crippen molar-refractivity contribution in [1.82, 2.24) is 9.78 Å². The average Bonchev–Trinajstić information content (AvgIpc) is 2.63. The fourth-order valence-corrected chi connectivity index (χ4v) is 1.90. The summed E-state index contributed by atoms with van der Waals surface area (Å²) in [5.74, 6) is 0. The predicted octanol–water partition coefficient (Wildman–Crippen LogP) is 3.24. The maximum atomic E-state index is 12.4. The van der Waals surface area contributed by atoms with E-state index >= 15 is 0 Å². The van der Waals surface area contributed by atoms with Crippen molar-refractivity contribution in [3.05, 3.63) is 40.6 Å². The Morgan fingerprint density at radius 2 is 2.00 bits per heavy atom. The van der Waals surface area contributed by atoms with Crippen molar-refractivity contribution in [3.8, 4) is 5.69 Å². The molecular weight excluding hydrogens is 299 g/mol. The van der Waals surface area contributed by atoms with E-state index in [0.717, 1.165) is 12.1 Å². The summed E-state index contributed by atoms with van der Waals surface area (Å²) < 4.78 is 39.0. The number of aromatic nitrogens is 2. The molecule has 1 heterocycles. The number of halogens is 4. The molecule has 0 spiro atoms. The molecule has 0 bridgehead atoms. The van der Waals surface area contributed by atoms with Gasteiger partial charge in [-0.3, -0.25) is 0 Å². The van der Waals surface area contributed by atoms with E-state index in [1.165, 1.54) is 23.1 Å². The lowest BCUT2D eigenvalue weighted by Crippen LogP contribution is -2.06. The third-order valence-electron chi connectivity index (χ3n) is 2.12. The summed E-state index contributed by atoms with van der Waals surface area (Å²) in [6.07, 6.45) is -1.42. The molecule has 0 amide bonds. The SMILES string of the molecule is Nc1cnn(-c2ccc(C(F)(F)F)cc2Br)c1. The largest absolute Gasteiger partial charge is 0.416 e. The van der Waals surface area contributed by atoms with Gasteiger partial charge in [-0.1, -0.05) is 0 Å². The summed E-state index contributed by atoms with van der Waals surface area (Å²) in [5.41, 5.74) is 5.71. The van der Waals surface area contributed by atoms with Gasteiger partial charge in [-0.25, -0.2) is 4.68 Å². The van der Waals surface area contributed by atoms with Crippen molar-refractivity contribution in [2.45, 2.75) is 6.18 Å². The fraction of sp³-hybridized carbons (Fsp3) is 0.100. The summed E-state index contributed by atoms with van der Waals surface area (Å²) >= 11 is 3.08. The molecule has 0 atom stereocenters. The van der Waals surface area contributed by atoms with Crippen LogP contribution in [0, 0.1) is 0 Å². The van der Waals surface area contributed by atoms with Crippen molar-refractivity contribution in [3.63, 3.8) is 0 Å². The van der Waals surface area contributed by atoms with Crippen molar-refractivity contribution in [1.29, 1.82) is 0 Å². The van der Waals surface area contributed by atoms with Gasteiger partial charge in [0, 0.05) is 4.47 Å². The molecule has 0 aliphatic carbocycles. The monoisotopic (exact) mass is 305 g/mol. The molecule has 1 aromatic heterocycles. The zero-order chi connectivity index (χ0) is 12.6. The van der Waals surface area contributed by atoms with Crippen LogP contribution in [-0.2, 0) is 6.18 Å². The minimum Gasteiger partial charge on any atom is -0.396 e. The van der Waals surface area contributed by atoms with Crippen LogP contribution < -0.4 is 5.73 Å². The standard InChI is InChI=1S/C10H7BrF3N3/c11-8-3-6(10(12,13)14)1-2-9(8)17-5-7(15)4-16-17/h1-5H,15H2. The lowest BCUT2D eigenvalue weighted by Gasteiger charge is -2.09. The fourth-order valence-electron chi connectivity index (χ4n) is 1.34. The molecule has 1 aromatic carbocycles. The Bertz CT molecular complexity index is 548. The first-order valence-corrected chi connectivity index (χ1v) is 5.34. The second-order valence-corrected chi connectivity index (χ2v) is 4.24. The van der Waals surface area contributed by atoms with Gasteiger partial charge in [0.2, 0.25) is 0 Å². The number of benzene rings is 1. The van der Waals surface area contributed by atoms with E-state index in [1.54, 1.807) is 0 Å². The Labute approximate surface area is 103 Å². The molecule has 0 saturated carbocycles. The average molecular weight is 306 g/mol. The van der Waals surface area contributed by atoms with E-state index in [4.69, 9.17) is 5.73 Å². The van der Waals surface area contributed by atoms with Crippen LogP contribution in [0.2, 0.25) is 0 Å². The molecular formula is C10H7BrF3N3. The zero-order valence-corrected chi connectivity index (χ0v) is 9.96. The lowest BCUT2D eigenvalue weighted by molar-refractivity contribution is -0.137. The Morgan fingerprint density at radius 1 is 1.29 bits per heavy atom. The van der Waals surface area contributed by atoms with Gasteiger partial charge in [-0.2, -0.15) is 18.3 Å². The highest BCUT2D eigenvalue weighted by Gasteiger charge is 2.30. The van der Waals surface area contributed by atoms with Crippen molar-refractivity contribution in [2.75, 3.05) is 5.73 Å². The van der Waals surface area contributed by atoms with Crippen LogP contribution in [0.5, 0.6) is 0 Å². The molecule has 2 N–H and O–H groups in total. The molecule has 90 valence electrons. The molecule has 0 aliphatic rings. The molecule has 0 saturated heterocycles. The number of hydrogen-bond acceptors (Lipinski definition) is 2. The predicted molar refractivity (Wildman–Crippen MR) is 60.7 cm³/mol. The van der Waals surface area contributed by atoms with E-state index in [1.807, 2.05) is 0 Å². The lowest BCUT2D eigenvalue weighted by atomic mass is 10.2. The van der Waals surface area contributed by atoms with Crippen LogP contribution in [0.3, 0.4) is 0 Å². The van der Waals surface area contributed by atoms with Crippen LogP contribution in [-0.4, -0.2) is 9.78 Å². The number of nitrogen functional groups attached to an aromatic ring is 1. The number of hydrogen-bond donors (Lipinski definition) is 1. The van der Waals surface area contributed by atoms with Crippen molar-refractivity contribution < 1.29 is 13.2 Å². The maximum absolute atomic E-state index is 12.4. The Balaban J connectivity index is 2.45. The quantitative estimate of drug-likeness (QED) is 0.879. The summed E-state index contributed by atoms with van der Waals surface area (Å²) in [4.78, 5) is 0. The third kappa shape index (κ3) is 2.44. The molecule has 0 aliphatic heterocycles. The highest BCUT2D eigenvalue weighted by Crippen LogP contribution is 2.33. The first-order valence-electron chi connectivity index (χ1n) is 4.55. The molecule has 0 fully saturated rings. The van der Waals surface area contributed by atoms with E-state index < -0.39 is 11.7 Å². The van der Waals surface area contributed by atoms with Gasteiger partial charge in [-0.15, -0.1) is 0 Å². The van der Waals surface area contributed by atoms with E-state index in [-0.39, 0.29) is 0 Å². The maximum Gasteiger partial charge on any atom is 0.416 e. The van der Waals surface area contributed by atoms with Crippen LogP contribution >= 0.6 is 15.9 Å². The van der Waals surface area contributed by atoms with Crippen LogP contribution in [0.4, 0.5) is 18.9 Å². The van der Waals surface area contributed by atoms with Gasteiger partial charge in [0.25, 0.3) is 0 Å². The Morgan fingerprint density at radius 3 is 2.47 bits per heavy atom. The smallest absolute Gasteiger partial charge is 0.396 e. The second-order valence-electron chi connectivity index (χ2n) is 3.38. The van der Waals surface area contributed by atoms with Crippen LogP contribution in [0.1, 0.15) is 5.56 Å². The second kappa shape index (κ2) is 4.06. The first-order chi connectivity index (χ1) is 7.88. The third-order valence-corrected chi connectivity index (χ3v) is 2.76. The molecule has 7 heteroatoms. The number of anilines is 1. The molecule has 0 radical (unpaired) electrons. The summed E-state index contributed by atoms with van der Waals surface area (Å²) in [7, 11) is 0. The molecule has 0 unspecified atom stereocenters. The van der Waals surface area contributed by atoms with Crippen LogP contribution in [0.25, 0.3) is 5.69 Å².